The monoisotopic (exact) mass is 251 g/mol. The van der Waals surface area contributed by atoms with Gasteiger partial charge in [0, 0.05) is 18.4 Å². The van der Waals surface area contributed by atoms with Crippen LogP contribution in [0.1, 0.15) is 30.0 Å². The lowest BCUT2D eigenvalue weighted by Crippen LogP contribution is -2.35. The molecule has 1 heterocycles. The largest absolute Gasteiger partial charge is 0.434 e. The maximum atomic E-state index is 12.3. The molecule has 1 saturated carbocycles. The van der Waals surface area contributed by atoms with Crippen molar-refractivity contribution in [1.82, 2.24) is 4.98 Å². The maximum absolute atomic E-state index is 12.3. The van der Waals surface area contributed by atoms with Crippen molar-refractivity contribution in [2.75, 3.05) is 6.61 Å². The van der Waals surface area contributed by atoms with E-state index in [0.29, 0.717) is 11.4 Å². The molecule has 1 aliphatic rings. The Morgan fingerprint density at radius 1 is 1.44 bits per heavy atom. The molecule has 1 aromatic rings. The third-order valence-electron chi connectivity index (χ3n) is 3.12. The van der Waals surface area contributed by atoms with Gasteiger partial charge in [-0.3, -0.25) is 0 Å². The van der Waals surface area contributed by atoms with Crippen LogP contribution in [0.3, 0.4) is 0 Å². The predicted octanol–water partition coefficient (Wildman–Crippen LogP) is 2.87. The molecule has 0 aromatic carbocycles. The summed E-state index contributed by atoms with van der Waals surface area (Å²) >= 11 is 1.03. The van der Waals surface area contributed by atoms with Crippen molar-refractivity contribution in [3.05, 3.63) is 16.1 Å². The molecule has 0 bridgehead atoms. The van der Waals surface area contributed by atoms with Crippen LogP contribution in [-0.4, -0.2) is 16.7 Å². The summed E-state index contributed by atoms with van der Waals surface area (Å²) in [4.78, 5) is 3.58. The Bertz CT molecular complexity index is 365. The molecule has 0 unspecified atom stereocenters. The van der Waals surface area contributed by atoms with Crippen LogP contribution in [0.25, 0.3) is 0 Å². The summed E-state index contributed by atoms with van der Waals surface area (Å²) in [5.41, 5.74) is -1.03. The van der Waals surface area contributed by atoms with Crippen LogP contribution in [0.5, 0.6) is 0 Å². The minimum atomic E-state index is -4.36. The summed E-state index contributed by atoms with van der Waals surface area (Å²) in [6.07, 6.45) is -1.10. The van der Waals surface area contributed by atoms with Gasteiger partial charge in [0.25, 0.3) is 0 Å². The number of aliphatic hydroxyl groups is 1. The van der Waals surface area contributed by atoms with E-state index in [-0.39, 0.29) is 12.0 Å². The average molecular weight is 251 g/mol. The van der Waals surface area contributed by atoms with Crippen molar-refractivity contribution >= 4 is 11.3 Å². The SMILES string of the molecule is OCC1(Cc2nc(C(F)(F)F)cs2)CCC1. The lowest BCUT2D eigenvalue weighted by Gasteiger charge is -2.39. The van der Waals surface area contributed by atoms with Gasteiger partial charge in [0.15, 0.2) is 5.69 Å². The summed E-state index contributed by atoms with van der Waals surface area (Å²) in [5, 5.41) is 10.7. The van der Waals surface area contributed by atoms with Crippen LogP contribution < -0.4 is 0 Å². The fourth-order valence-electron chi connectivity index (χ4n) is 1.91. The summed E-state index contributed by atoms with van der Waals surface area (Å²) in [7, 11) is 0. The van der Waals surface area contributed by atoms with E-state index in [1.165, 1.54) is 0 Å². The van der Waals surface area contributed by atoms with Gasteiger partial charge in [0.2, 0.25) is 0 Å². The molecule has 0 atom stereocenters. The highest BCUT2D eigenvalue weighted by Crippen LogP contribution is 2.44. The molecule has 1 aliphatic carbocycles. The molecule has 6 heteroatoms. The lowest BCUT2D eigenvalue weighted by atomic mass is 9.67. The van der Waals surface area contributed by atoms with Gasteiger partial charge in [-0.25, -0.2) is 4.98 Å². The van der Waals surface area contributed by atoms with E-state index in [4.69, 9.17) is 0 Å². The quantitative estimate of drug-likeness (QED) is 0.896. The van der Waals surface area contributed by atoms with Gasteiger partial charge >= 0.3 is 6.18 Å². The highest BCUT2D eigenvalue weighted by Gasteiger charge is 2.39. The number of hydrogen-bond donors (Lipinski definition) is 1. The zero-order valence-electron chi connectivity index (χ0n) is 8.55. The van der Waals surface area contributed by atoms with Gasteiger partial charge in [-0.1, -0.05) is 6.42 Å². The topological polar surface area (TPSA) is 33.1 Å². The van der Waals surface area contributed by atoms with Crippen molar-refractivity contribution in [2.24, 2.45) is 5.41 Å². The second kappa shape index (κ2) is 4.00. The molecule has 0 radical (unpaired) electrons. The molecule has 2 rings (SSSR count). The molecular weight excluding hydrogens is 239 g/mol. The van der Waals surface area contributed by atoms with Crippen LogP contribution in [0, 0.1) is 5.41 Å². The number of thiazole rings is 1. The fourth-order valence-corrected chi connectivity index (χ4v) is 2.89. The third-order valence-corrected chi connectivity index (χ3v) is 3.97. The number of nitrogens with zero attached hydrogens (tertiary/aromatic N) is 1. The summed E-state index contributed by atoms with van der Waals surface area (Å²) in [6.45, 7) is 0.0356. The van der Waals surface area contributed by atoms with Crippen LogP contribution in [0.15, 0.2) is 5.38 Å². The Morgan fingerprint density at radius 3 is 2.50 bits per heavy atom. The first kappa shape index (κ1) is 11.9. The fraction of sp³-hybridized carbons (Fsp3) is 0.700. The average Bonchev–Trinajstić information content (AvgIpc) is 2.58. The molecule has 90 valence electrons. The molecular formula is C10H12F3NOS. The van der Waals surface area contributed by atoms with Crippen LogP contribution in [-0.2, 0) is 12.6 Å². The van der Waals surface area contributed by atoms with Crippen LogP contribution in [0.4, 0.5) is 13.2 Å². The zero-order valence-corrected chi connectivity index (χ0v) is 9.37. The minimum absolute atomic E-state index is 0.0356. The second-order valence-electron chi connectivity index (χ2n) is 4.31. The van der Waals surface area contributed by atoms with Crippen molar-refractivity contribution < 1.29 is 18.3 Å². The van der Waals surface area contributed by atoms with Gasteiger partial charge in [-0.05, 0) is 18.3 Å². The first-order valence-corrected chi connectivity index (χ1v) is 5.96. The molecule has 2 nitrogen and oxygen atoms in total. The first-order chi connectivity index (χ1) is 7.45. The van der Waals surface area contributed by atoms with Gasteiger partial charge in [-0.15, -0.1) is 11.3 Å². The molecule has 1 aromatic heterocycles. The molecule has 0 amide bonds. The van der Waals surface area contributed by atoms with Crippen molar-refractivity contribution in [2.45, 2.75) is 31.9 Å². The molecule has 1 N–H and O–H groups in total. The smallest absolute Gasteiger partial charge is 0.396 e. The van der Waals surface area contributed by atoms with Gasteiger partial charge < -0.3 is 5.11 Å². The van der Waals surface area contributed by atoms with E-state index in [9.17, 15) is 18.3 Å². The number of aromatic nitrogens is 1. The molecule has 1 fully saturated rings. The summed E-state index contributed by atoms with van der Waals surface area (Å²) in [5.74, 6) is 0. The number of rotatable bonds is 3. The molecule has 0 saturated heterocycles. The van der Waals surface area contributed by atoms with E-state index in [1.807, 2.05) is 0 Å². The van der Waals surface area contributed by atoms with Gasteiger partial charge in [0.1, 0.15) is 0 Å². The van der Waals surface area contributed by atoms with E-state index in [0.717, 1.165) is 36.0 Å². The Balaban J connectivity index is 2.08. The zero-order chi connectivity index (χ0) is 11.8. The number of halogens is 3. The third kappa shape index (κ3) is 2.22. The normalized spacial score (nSPS) is 19.5. The Labute approximate surface area is 95.1 Å². The second-order valence-corrected chi connectivity index (χ2v) is 5.26. The number of alkyl halides is 3. The first-order valence-electron chi connectivity index (χ1n) is 5.08. The Kier molecular flexibility index (Phi) is 2.96. The summed E-state index contributed by atoms with van der Waals surface area (Å²) in [6, 6.07) is 0. The standard InChI is InChI=1S/C10H12F3NOS/c11-10(12,13)7-5-16-8(14-7)4-9(6-15)2-1-3-9/h5,15H,1-4,6H2. The summed E-state index contributed by atoms with van der Waals surface area (Å²) < 4.78 is 36.9. The lowest BCUT2D eigenvalue weighted by molar-refractivity contribution is -0.140. The number of aliphatic hydroxyl groups excluding tert-OH is 1. The maximum Gasteiger partial charge on any atom is 0.434 e. The van der Waals surface area contributed by atoms with Crippen LogP contribution >= 0.6 is 11.3 Å². The van der Waals surface area contributed by atoms with Gasteiger partial charge in [0.05, 0.1) is 5.01 Å². The van der Waals surface area contributed by atoms with Crippen molar-refractivity contribution in [3.63, 3.8) is 0 Å². The van der Waals surface area contributed by atoms with Crippen molar-refractivity contribution in [1.29, 1.82) is 0 Å². The molecule has 0 spiro atoms. The number of hydrogen-bond acceptors (Lipinski definition) is 3. The van der Waals surface area contributed by atoms with E-state index < -0.39 is 11.9 Å². The van der Waals surface area contributed by atoms with Gasteiger partial charge in [-0.2, -0.15) is 13.2 Å². The Hall–Kier alpha value is -0.620. The van der Waals surface area contributed by atoms with E-state index in [2.05, 4.69) is 4.98 Å². The van der Waals surface area contributed by atoms with E-state index in [1.54, 1.807) is 0 Å². The Morgan fingerprint density at radius 2 is 2.12 bits per heavy atom. The van der Waals surface area contributed by atoms with E-state index >= 15 is 0 Å². The minimum Gasteiger partial charge on any atom is -0.396 e. The highest BCUT2D eigenvalue weighted by molar-refractivity contribution is 7.09. The predicted molar refractivity (Wildman–Crippen MR) is 54.2 cm³/mol. The highest BCUT2D eigenvalue weighted by atomic mass is 32.1. The molecule has 16 heavy (non-hydrogen) atoms. The van der Waals surface area contributed by atoms with Crippen molar-refractivity contribution in [3.8, 4) is 0 Å². The van der Waals surface area contributed by atoms with Crippen LogP contribution in [0.2, 0.25) is 0 Å². The molecule has 0 aliphatic heterocycles.